The van der Waals surface area contributed by atoms with Crippen molar-refractivity contribution in [2.75, 3.05) is 25.0 Å². The van der Waals surface area contributed by atoms with Gasteiger partial charge in [-0.3, -0.25) is 49.1 Å². The summed E-state index contributed by atoms with van der Waals surface area (Å²) in [5, 5.41) is 20.6. The number of imide groups is 2. The van der Waals surface area contributed by atoms with Crippen LogP contribution < -0.4 is 16.0 Å². The zero-order valence-corrected chi connectivity index (χ0v) is 37.4. The summed E-state index contributed by atoms with van der Waals surface area (Å²) in [5.41, 5.74) is 3.66. The molecule has 4 N–H and O–H groups in total. The van der Waals surface area contributed by atoms with Crippen LogP contribution in [0.1, 0.15) is 120 Å². The van der Waals surface area contributed by atoms with Gasteiger partial charge in [0.05, 0.1) is 11.1 Å². The van der Waals surface area contributed by atoms with Crippen LogP contribution in [0.3, 0.4) is 0 Å². The molecule has 2 aromatic heterocycles. The monoisotopic (exact) mass is 936 g/mol. The molecule has 346 valence electrons. The van der Waals surface area contributed by atoms with E-state index < -0.39 is 53.3 Å². The van der Waals surface area contributed by atoms with Gasteiger partial charge in [0, 0.05) is 72.1 Å². The largest absolute Gasteiger partial charge is 0.508 e. The molecule has 0 aliphatic carbocycles. The van der Waals surface area contributed by atoms with Gasteiger partial charge in [0.25, 0.3) is 29.5 Å². The number of aromatic nitrogens is 2. The van der Waals surface area contributed by atoms with E-state index >= 15 is 0 Å². The highest BCUT2D eigenvalue weighted by atomic mass is 32.1. The predicted molar refractivity (Wildman–Crippen MR) is 246 cm³/mol. The number of carbonyl (C=O) groups is 7. The lowest BCUT2D eigenvalue weighted by atomic mass is 9.98. The fourth-order valence-electron chi connectivity index (χ4n) is 9.19. The van der Waals surface area contributed by atoms with Crippen molar-refractivity contribution in [1.82, 2.24) is 35.3 Å². The number of phenolic OH excluding ortho intramolecular Hbond substituents is 1. The van der Waals surface area contributed by atoms with Gasteiger partial charge in [-0.05, 0) is 105 Å². The summed E-state index contributed by atoms with van der Waals surface area (Å²) in [4.78, 5) is 104. The summed E-state index contributed by atoms with van der Waals surface area (Å²) < 4.78 is 14.4. The van der Waals surface area contributed by atoms with Crippen molar-refractivity contribution in [3.63, 3.8) is 0 Å². The van der Waals surface area contributed by atoms with E-state index in [-0.39, 0.29) is 53.5 Å². The molecule has 16 nitrogen and oxygen atoms in total. The fraction of sp³-hybridized carbons (Fsp3) is 0.300. The molecule has 0 spiro atoms. The number of rotatable bonds is 13. The first-order valence-corrected chi connectivity index (χ1v) is 23.3. The average Bonchev–Trinajstić information content (AvgIpc) is 4.03. The number of anilines is 1. The maximum Gasteiger partial charge on any atom is 0.270 e. The van der Waals surface area contributed by atoms with Crippen LogP contribution in [0.25, 0.3) is 0 Å². The molecule has 0 saturated carbocycles. The van der Waals surface area contributed by atoms with Gasteiger partial charge in [-0.2, -0.15) is 0 Å². The van der Waals surface area contributed by atoms with Gasteiger partial charge in [-0.15, -0.1) is 11.3 Å². The van der Waals surface area contributed by atoms with Crippen molar-refractivity contribution in [2.24, 2.45) is 0 Å². The lowest BCUT2D eigenvalue weighted by Crippen LogP contribution is -2.54. The molecular formula is C50H45FN8O8S. The summed E-state index contributed by atoms with van der Waals surface area (Å²) in [6.45, 7) is 2.60. The minimum absolute atomic E-state index is 0.000776. The average molecular weight is 937 g/mol. The molecule has 2 unspecified atom stereocenters. The lowest BCUT2D eigenvalue weighted by molar-refractivity contribution is -0.136. The minimum Gasteiger partial charge on any atom is -0.508 e. The number of nitrogens with one attached hydrogen (secondary N) is 3. The number of pyridine rings is 1. The molecule has 4 aliphatic heterocycles. The molecule has 0 radical (unpaired) electrons. The molecule has 6 heterocycles. The Morgan fingerprint density at radius 3 is 2.46 bits per heavy atom. The molecule has 7 amide bonds. The molecular weight excluding hydrogens is 892 g/mol. The van der Waals surface area contributed by atoms with E-state index in [9.17, 15) is 43.1 Å². The number of unbranched alkanes of at least 4 members (excludes halogenated alkanes) is 2. The van der Waals surface area contributed by atoms with E-state index in [1.807, 2.05) is 6.07 Å². The fourth-order valence-corrected chi connectivity index (χ4v) is 9.72. The number of carbonyl (C=O) groups excluding carboxylic acids is 7. The number of hydrogen-bond acceptors (Lipinski definition) is 12. The number of aromatic hydroxyl groups is 1. The minimum atomic E-state index is -1.35. The number of halogens is 1. The zero-order chi connectivity index (χ0) is 47.5. The van der Waals surface area contributed by atoms with Gasteiger partial charge in [-0.1, -0.05) is 36.5 Å². The third-order valence-corrected chi connectivity index (χ3v) is 13.4. The van der Waals surface area contributed by atoms with Crippen molar-refractivity contribution in [2.45, 2.75) is 76.0 Å². The number of amides is 7. The van der Waals surface area contributed by atoms with Crippen LogP contribution in [0, 0.1) is 17.7 Å². The molecule has 3 aromatic carbocycles. The number of nitrogens with zero attached hydrogens (tertiary/aromatic N) is 5. The standard InChI is InChI=1S/C50H45FN8O8S/c51-33-13-16-40(60)37(26-33)43(46(64)56-50-52-20-24-68-50)58-28-32-12-10-29(25-36(32)47(58)65)8-9-30-11-14-38(53-27-30)44(62)54-34-18-22-57(23-19-34)21-3-1-2-5-31-6-4-7-35-42(31)49(67)59(48(35)66)39-15-17-41(61)55-45(39)63/h4,6-7,10-14,16,20,24-27,34,39,43,60H,1-3,5,15,17-19,21-23,28H2,(H,54,62)(H,52,56,64)(H,55,61,63). The number of hydrogen-bond donors (Lipinski definition) is 4. The van der Waals surface area contributed by atoms with E-state index in [4.69, 9.17) is 0 Å². The van der Waals surface area contributed by atoms with Gasteiger partial charge in [0.15, 0.2) is 5.13 Å². The second-order valence-corrected chi connectivity index (χ2v) is 18.0. The van der Waals surface area contributed by atoms with Crippen LogP contribution in [0.15, 0.2) is 84.5 Å². The third kappa shape index (κ3) is 9.62. The highest BCUT2D eigenvalue weighted by Gasteiger charge is 2.45. The van der Waals surface area contributed by atoms with Crippen LogP contribution in [0.5, 0.6) is 5.75 Å². The molecule has 4 aliphatic rings. The SMILES string of the molecule is O=C1CCC(N2C(=O)c3cccc(CCCCCN4CCC(NC(=O)c5ccc(C#Cc6ccc7c(c6)C(=O)N(C(C(=O)Nc6nccs6)c6cc(F)ccc6O)C7)cn5)CC4)c3C2=O)C(=O)N1. The van der Waals surface area contributed by atoms with Crippen LogP contribution in [-0.4, -0.2) is 103 Å². The molecule has 18 heteroatoms. The van der Waals surface area contributed by atoms with E-state index in [0.717, 1.165) is 80.4 Å². The Kier molecular flexibility index (Phi) is 13.2. The molecule has 68 heavy (non-hydrogen) atoms. The van der Waals surface area contributed by atoms with E-state index in [1.54, 1.807) is 47.8 Å². The Labute approximate surface area is 393 Å². The van der Waals surface area contributed by atoms with Crippen LogP contribution in [0.2, 0.25) is 0 Å². The van der Waals surface area contributed by atoms with Crippen LogP contribution in [-0.2, 0) is 27.3 Å². The van der Waals surface area contributed by atoms with Crippen LogP contribution >= 0.6 is 11.3 Å². The Morgan fingerprint density at radius 1 is 0.882 bits per heavy atom. The van der Waals surface area contributed by atoms with E-state index in [0.29, 0.717) is 39.8 Å². The second-order valence-electron chi connectivity index (χ2n) is 17.1. The molecule has 2 atom stereocenters. The molecule has 5 aromatic rings. The first-order valence-electron chi connectivity index (χ1n) is 22.4. The Hall–Kier alpha value is -7.62. The summed E-state index contributed by atoms with van der Waals surface area (Å²) in [6, 6.07) is 14.6. The van der Waals surface area contributed by atoms with E-state index in [2.05, 4.69) is 42.7 Å². The van der Waals surface area contributed by atoms with Crippen molar-refractivity contribution in [3.05, 3.63) is 141 Å². The van der Waals surface area contributed by atoms with Crippen molar-refractivity contribution >= 4 is 57.8 Å². The Bertz CT molecular complexity index is 2910. The van der Waals surface area contributed by atoms with Gasteiger partial charge < -0.3 is 20.2 Å². The number of piperidine rings is 2. The van der Waals surface area contributed by atoms with E-state index in [1.165, 1.54) is 28.6 Å². The number of thiazole rings is 1. The van der Waals surface area contributed by atoms with Crippen molar-refractivity contribution in [3.8, 4) is 17.6 Å². The van der Waals surface area contributed by atoms with Crippen molar-refractivity contribution < 1.29 is 43.1 Å². The van der Waals surface area contributed by atoms with Gasteiger partial charge in [0.1, 0.15) is 29.3 Å². The zero-order valence-electron chi connectivity index (χ0n) is 36.6. The number of phenols is 1. The summed E-state index contributed by atoms with van der Waals surface area (Å²) in [7, 11) is 0. The summed E-state index contributed by atoms with van der Waals surface area (Å²) in [6.07, 6.45) is 8.10. The highest BCUT2D eigenvalue weighted by molar-refractivity contribution is 7.13. The normalized spacial score (nSPS) is 17.6. The molecule has 2 saturated heterocycles. The Balaban J connectivity index is 0.728. The number of benzene rings is 3. The maximum absolute atomic E-state index is 14.4. The number of aryl methyl sites for hydroxylation is 1. The smallest absolute Gasteiger partial charge is 0.270 e. The number of fused-ring (bicyclic) bond motifs is 2. The van der Waals surface area contributed by atoms with Crippen LogP contribution in [0.4, 0.5) is 9.52 Å². The van der Waals surface area contributed by atoms with Crippen molar-refractivity contribution in [1.29, 1.82) is 0 Å². The lowest BCUT2D eigenvalue weighted by Gasteiger charge is -2.32. The molecule has 2 fully saturated rings. The predicted octanol–water partition coefficient (Wildman–Crippen LogP) is 5.13. The molecule has 9 rings (SSSR count). The first kappa shape index (κ1) is 45.5. The summed E-state index contributed by atoms with van der Waals surface area (Å²) in [5.74, 6) is 1.62. The first-order chi connectivity index (χ1) is 32.9. The second kappa shape index (κ2) is 19.7. The Morgan fingerprint density at radius 2 is 1.69 bits per heavy atom. The topological polar surface area (TPSA) is 211 Å². The third-order valence-electron chi connectivity index (χ3n) is 12.7. The molecule has 0 bridgehead atoms. The highest BCUT2D eigenvalue weighted by Crippen LogP contribution is 2.37. The summed E-state index contributed by atoms with van der Waals surface area (Å²) >= 11 is 1.18. The van der Waals surface area contributed by atoms with Gasteiger partial charge >= 0.3 is 0 Å². The van der Waals surface area contributed by atoms with Gasteiger partial charge in [-0.25, -0.2) is 14.4 Å². The van der Waals surface area contributed by atoms with Gasteiger partial charge in [0.2, 0.25) is 11.8 Å². The quantitative estimate of drug-likeness (QED) is 0.0691. The number of likely N-dealkylation sites (tertiary alicyclic amines) is 1. The maximum atomic E-state index is 14.4.